The van der Waals surface area contributed by atoms with Gasteiger partial charge in [0.1, 0.15) is 5.01 Å². The van der Waals surface area contributed by atoms with Crippen molar-refractivity contribution in [2.45, 2.75) is 39.2 Å². The largest absolute Gasteiger partial charge is 0.478 e. The Kier molecular flexibility index (Phi) is 5.63. The molecule has 1 aliphatic rings. The third-order valence-electron chi connectivity index (χ3n) is 4.77. The van der Waals surface area contributed by atoms with Gasteiger partial charge in [-0.25, -0.2) is 9.78 Å². The maximum atomic E-state index is 11.3. The highest BCUT2D eigenvalue weighted by Crippen LogP contribution is 2.25. The maximum absolute atomic E-state index is 11.3. The van der Waals surface area contributed by atoms with Crippen molar-refractivity contribution in [2.24, 2.45) is 5.92 Å². The molecule has 0 atom stereocenters. The lowest BCUT2D eigenvalue weighted by Gasteiger charge is -2.31. The highest BCUT2D eigenvalue weighted by Gasteiger charge is 2.22. The standard InChI is InChI=1S/C19H24N2O2S/c1-2-16-12-20-18(24-16)13-21-9-7-14(8-10-21)11-15-5-3-4-6-17(15)19(22)23/h3-6,12,14H,2,7-11,13H2,1H3,(H,22,23). The number of carbonyl (C=O) groups is 1. The van der Waals surface area contributed by atoms with E-state index >= 15 is 0 Å². The summed E-state index contributed by atoms with van der Waals surface area (Å²) in [6, 6.07) is 7.40. The number of thiazole rings is 1. The number of aromatic nitrogens is 1. The number of aromatic carboxylic acids is 1. The van der Waals surface area contributed by atoms with E-state index in [4.69, 9.17) is 0 Å². The molecule has 1 aliphatic heterocycles. The zero-order valence-corrected chi connectivity index (χ0v) is 14.9. The number of likely N-dealkylation sites (tertiary alicyclic amines) is 1. The van der Waals surface area contributed by atoms with Crippen LogP contribution in [0.1, 0.15) is 45.6 Å². The number of piperidine rings is 1. The van der Waals surface area contributed by atoms with Gasteiger partial charge in [0.25, 0.3) is 0 Å². The molecule has 2 aromatic rings. The highest BCUT2D eigenvalue weighted by molar-refractivity contribution is 7.11. The van der Waals surface area contributed by atoms with Crippen LogP contribution in [0.2, 0.25) is 0 Å². The second-order valence-electron chi connectivity index (χ2n) is 6.46. The number of nitrogens with zero attached hydrogens (tertiary/aromatic N) is 2. The Morgan fingerprint density at radius 1 is 1.33 bits per heavy atom. The minimum atomic E-state index is -0.821. The van der Waals surface area contributed by atoms with Crippen LogP contribution in [0.3, 0.4) is 0 Å². The maximum Gasteiger partial charge on any atom is 0.335 e. The first-order chi connectivity index (χ1) is 11.7. The number of carboxylic acids is 1. The molecule has 0 aliphatic carbocycles. The number of hydrogen-bond acceptors (Lipinski definition) is 4. The summed E-state index contributed by atoms with van der Waals surface area (Å²) >= 11 is 1.82. The molecule has 24 heavy (non-hydrogen) atoms. The Morgan fingerprint density at radius 2 is 2.08 bits per heavy atom. The van der Waals surface area contributed by atoms with Crippen LogP contribution in [0.5, 0.6) is 0 Å². The summed E-state index contributed by atoms with van der Waals surface area (Å²) in [4.78, 5) is 19.7. The van der Waals surface area contributed by atoms with Gasteiger partial charge in [-0.2, -0.15) is 0 Å². The van der Waals surface area contributed by atoms with E-state index in [0.717, 1.165) is 50.9 Å². The van der Waals surface area contributed by atoms with Gasteiger partial charge in [-0.3, -0.25) is 4.90 Å². The third kappa shape index (κ3) is 4.22. The van der Waals surface area contributed by atoms with E-state index in [9.17, 15) is 9.90 Å². The van der Waals surface area contributed by atoms with E-state index in [1.54, 1.807) is 12.1 Å². The first-order valence-corrected chi connectivity index (χ1v) is 9.44. The number of aryl methyl sites for hydroxylation is 1. The topological polar surface area (TPSA) is 53.4 Å². The van der Waals surface area contributed by atoms with Crippen molar-refractivity contribution < 1.29 is 9.90 Å². The lowest BCUT2D eigenvalue weighted by Crippen LogP contribution is -2.34. The summed E-state index contributed by atoms with van der Waals surface area (Å²) in [5.41, 5.74) is 1.42. The molecular formula is C19H24N2O2S. The summed E-state index contributed by atoms with van der Waals surface area (Å²) in [6.07, 6.45) is 6.17. The summed E-state index contributed by atoms with van der Waals surface area (Å²) < 4.78 is 0. The first kappa shape index (κ1) is 17.1. The Bertz CT molecular complexity index is 690. The molecule has 0 unspecified atom stereocenters. The van der Waals surface area contributed by atoms with Crippen LogP contribution in [0.15, 0.2) is 30.5 Å². The van der Waals surface area contributed by atoms with Gasteiger partial charge in [-0.05, 0) is 56.3 Å². The fourth-order valence-corrected chi connectivity index (χ4v) is 4.25. The van der Waals surface area contributed by atoms with E-state index in [0.29, 0.717) is 11.5 Å². The predicted molar refractivity (Wildman–Crippen MR) is 96.6 cm³/mol. The van der Waals surface area contributed by atoms with Crippen molar-refractivity contribution >= 4 is 17.3 Å². The van der Waals surface area contributed by atoms with E-state index < -0.39 is 5.97 Å². The van der Waals surface area contributed by atoms with Crippen LogP contribution in [0.25, 0.3) is 0 Å². The molecule has 0 saturated carbocycles. The molecule has 1 aromatic carbocycles. The molecule has 1 aromatic heterocycles. The molecule has 1 saturated heterocycles. The van der Waals surface area contributed by atoms with Gasteiger partial charge in [-0.1, -0.05) is 25.1 Å². The van der Waals surface area contributed by atoms with Crippen LogP contribution in [-0.4, -0.2) is 34.0 Å². The van der Waals surface area contributed by atoms with E-state index in [-0.39, 0.29) is 0 Å². The van der Waals surface area contributed by atoms with E-state index in [2.05, 4.69) is 16.8 Å². The lowest BCUT2D eigenvalue weighted by atomic mass is 9.88. The zero-order chi connectivity index (χ0) is 16.9. The van der Waals surface area contributed by atoms with Gasteiger partial charge >= 0.3 is 5.97 Å². The monoisotopic (exact) mass is 344 g/mol. The molecule has 3 rings (SSSR count). The fourth-order valence-electron chi connectivity index (χ4n) is 3.34. The second-order valence-corrected chi connectivity index (χ2v) is 7.66. The summed E-state index contributed by atoms with van der Waals surface area (Å²) in [5.74, 6) is -0.247. The molecule has 128 valence electrons. The smallest absolute Gasteiger partial charge is 0.335 e. The molecule has 1 N–H and O–H groups in total. The number of carboxylic acid groups (broad SMARTS) is 1. The van der Waals surface area contributed by atoms with Gasteiger partial charge < -0.3 is 5.11 Å². The van der Waals surface area contributed by atoms with Crippen molar-refractivity contribution in [3.63, 3.8) is 0 Å². The van der Waals surface area contributed by atoms with E-state index in [1.807, 2.05) is 29.7 Å². The van der Waals surface area contributed by atoms with Crippen molar-refractivity contribution in [1.29, 1.82) is 0 Å². The third-order valence-corrected chi connectivity index (χ3v) is 5.90. The van der Waals surface area contributed by atoms with Crippen LogP contribution in [0.4, 0.5) is 0 Å². The Balaban J connectivity index is 1.53. The Labute approximate surface area is 147 Å². The van der Waals surface area contributed by atoms with Gasteiger partial charge in [0.2, 0.25) is 0 Å². The van der Waals surface area contributed by atoms with Gasteiger partial charge in [0.15, 0.2) is 0 Å². The van der Waals surface area contributed by atoms with Crippen LogP contribution >= 0.6 is 11.3 Å². The second kappa shape index (κ2) is 7.90. The molecule has 0 amide bonds. The lowest BCUT2D eigenvalue weighted by molar-refractivity contribution is 0.0695. The highest BCUT2D eigenvalue weighted by atomic mass is 32.1. The van der Waals surface area contributed by atoms with Crippen LogP contribution in [0, 0.1) is 5.92 Å². The molecule has 0 radical (unpaired) electrons. The minimum Gasteiger partial charge on any atom is -0.478 e. The van der Waals surface area contributed by atoms with Crippen molar-refractivity contribution in [1.82, 2.24) is 9.88 Å². The molecule has 0 bridgehead atoms. The molecule has 1 fully saturated rings. The molecular weight excluding hydrogens is 320 g/mol. The van der Waals surface area contributed by atoms with Gasteiger partial charge in [0.05, 0.1) is 12.1 Å². The van der Waals surface area contributed by atoms with Crippen LogP contribution < -0.4 is 0 Å². The zero-order valence-electron chi connectivity index (χ0n) is 14.1. The Morgan fingerprint density at radius 3 is 2.75 bits per heavy atom. The normalized spacial score (nSPS) is 16.4. The molecule has 4 nitrogen and oxygen atoms in total. The number of hydrogen-bond donors (Lipinski definition) is 1. The minimum absolute atomic E-state index is 0.454. The first-order valence-electron chi connectivity index (χ1n) is 8.63. The van der Waals surface area contributed by atoms with Gasteiger partial charge in [0, 0.05) is 11.1 Å². The van der Waals surface area contributed by atoms with Crippen molar-refractivity contribution in [2.75, 3.05) is 13.1 Å². The average molecular weight is 344 g/mol. The number of benzene rings is 1. The average Bonchev–Trinajstić information content (AvgIpc) is 3.04. The Hall–Kier alpha value is -1.72. The summed E-state index contributed by atoms with van der Waals surface area (Å²) in [5, 5.41) is 10.5. The van der Waals surface area contributed by atoms with Crippen molar-refractivity contribution in [3.8, 4) is 0 Å². The quantitative estimate of drug-likeness (QED) is 0.864. The van der Waals surface area contributed by atoms with Crippen LogP contribution in [-0.2, 0) is 19.4 Å². The summed E-state index contributed by atoms with van der Waals surface area (Å²) in [6.45, 7) is 5.25. The van der Waals surface area contributed by atoms with E-state index in [1.165, 1.54) is 9.88 Å². The molecule has 0 spiro atoms. The molecule has 2 heterocycles. The van der Waals surface area contributed by atoms with Gasteiger partial charge in [-0.15, -0.1) is 11.3 Å². The SMILES string of the molecule is CCc1cnc(CN2CCC(Cc3ccccc3C(=O)O)CC2)s1. The predicted octanol–water partition coefficient (Wildman–Crippen LogP) is 3.86. The summed E-state index contributed by atoms with van der Waals surface area (Å²) in [7, 11) is 0. The fraction of sp³-hybridized carbons (Fsp3) is 0.474. The molecule has 5 heteroatoms. The van der Waals surface area contributed by atoms with Crippen molar-refractivity contribution in [3.05, 3.63) is 51.5 Å². The number of rotatable bonds is 6.